The SMILES string of the molecule is C[C@H](O)[C@H]([C@H](C)NC(=O)c1ccccc1)P(=O)(c1ccccc1)c1ccccc1. The van der Waals surface area contributed by atoms with E-state index in [1.54, 1.807) is 38.1 Å². The highest BCUT2D eigenvalue weighted by Crippen LogP contribution is 2.51. The number of rotatable bonds is 7. The Hall–Kier alpha value is -2.68. The molecule has 3 atom stereocenters. The van der Waals surface area contributed by atoms with Gasteiger partial charge in [0.25, 0.3) is 5.91 Å². The molecule has 0 spiro atoms. The van der Waals surface area contributed by atoms with E-state index in [9.17, 15) is 14.5 Å². The van der Waals surface area contributed by atoms with Crippen LogP contribution in [0.2, 0.25) is 0 Å². The lowest BCUT2D eigenvalue weighted by atomic mass is 10.1. The van der Waals surface area contributed by atoms with Crippen LogP contribution in [0.1, 0.15) is 24.2 Å². The van der Waals surface area contributed by atoms with Crippen molar-refractivity contribution in [3.8, 4) is 0 Å². The molecule has 0 aliphatic carbocycles. The number of aliphatic hydroxyl groups excluding tert-OH is 1. The van der Waals surface area contributed by atoms with Crippen molar-refractivity contribution >= 4 is 23.7 Å². The van der Waals surface area contributed by atoms with Crippen LogP contribution < -0.4 is 15.9 Å². The zero-order valence-electron chi connectivity index (χ0n) is 16.6. The molecule has 3 aromatic carbocycles. The monoisotopic (exact) mass is 407 g/mol. The van der Waals surface area contributed by atoms with Crippen molar-refractivity contribution in [2.24, 2.45) is 0 Å². The van der Waals surface area contributed by atoms with Crippen LogP contribution in [0.25, 0.3) is 0 Å². The second kappa shape index (κ2) is 9.21. The Labute approximate surface area is 172 Å². The smallest absolute Gasteiger partial charge is 0.251 e. The Kier molecular flexibility index (Phi) is 6.68. The van der Waals surface area contributed by atoms with Gasteiger partial charge in [0.1, 0.15) is 0 Å². The summed E-state index contributed by atoms with van der Waals surface area (Å²) in [5, 5.41) is 15.0. The van der Waals surface area contributed by atoms with Gasteiger partial charge < -0.3 is 15.0 Å². The van der Waals surface area contributed by atoms with Gasteiger partial charge in [0.15, 0.2) is 7.14 Å². The minimum Gasteiger partial charge on any atom is -0.393 e. The Bertz CT molecular complexity index is 931. The second-order valence-electron chi connectivity index (χ2n) is 7.19. The third kappa shape index (κ3) is 4.50. The number of benzene rings is 3. The fourth-order valence-electron chi connectivity index (χ4n) is 3.79. The molecule has 0 radical (unpaired) electrons. The third-order valence-corrected chi connectivity index (χ3v) is 8.95. The summed E-state index contributed by atoms with van der Waals surface area (Å²) < 4.78 is 14.6. The van der Waals surface area contributed by atoms with Crippen LogP contribution in [0.4, 0.5) is 0 Å². The molecule has 29 heavy (non-hydrogen) atoms. The Morgan fingerprint density at radius 3 is 1.62 bits per heavy atom. The molecule has 3 rings (SSSR count). The highest BCUT2D eigenvalue weighted by Gasteiger charge is 2.43. The maximum absolute atomic E-state index is 14.6. The summed E-state index contributed by atoms with van der Waals surface area (Å²) in [6.07, 6.45) is -0.896. The normalized spacial score (nSPS) is 14.6. The van der Waals surface area contributed by atoms with E-state index in [4.69, 9.17) is 0 Å². The largest absolute Gasteiger partial charge is 0.393 e. The minimum absolute atomic E-state index is 0.253. The van der Waals surface area contributed by atoms with E-state index in [-0.39, 0.29) is 5.91 Å². The van der Waals surface area contributed by atoms with Crippen molar-refractivity contribution in [3.63, 3.8) is 0 Å². The van der Waals surface area contributed by atoms with Gasteiger partial charge in [-0.1, -0.05) is 78.9 Å². The van der Waals surface area contributed by atoms with Crippen LogP contribution in [0.5, 0.6) is 0 Å². The predicted molar refractivity (Wildman–Crippen MR) is 119 cm³/mol. The summed E-state index contributed by atoms with van der Waals surface area (Å²) in [6.45, 7) is 3.44. The molecular weight excluding hydrogens is 381 g/mol. The molecule has 2 N–H and O–H groups in total. The molecule has 0 aliphatic rings. The molecule has 0 saturated carbocycles. The molecular formula is C24H26NO3P. The lowest BCUT2D eigenvalue weighted by Gasteiger charge is -2.35. The number of hydrogen-bond donors (Lipinski definition) is 2. The summed E-state index contributed by atoms with van der Waals surface area (Å²) in [6, 6.07) is 26.8. The Morgan fingerprint density at radius 1 is 0.793 bits per heavy atom. The number of aliphatic hydroxyl groups is 1. The quantitative estimate of drug-likeness (QED) is 0.589. The average molecular weight is 407 g/mol. The Balaban J connectivity index is 2.03. The second-order valence-corrected chi connectivity index (χ2v) is 10.1. The van der Waals surface area contributed by atoms with Crippen LogP contribution in [0.3, 0.4) is 0 Å². The summed E-state index contributed by atoms with van der Waals surface area (Å²) in [7, 11) is -3.26. The van der Waals surface area contributed by atoms with E-state index < -0.39 is 24.9 Å². The van der Waals surface area contributed by atoms with Gasteiger partial charge in [0.2, 0.25) is 0 Å². The first-order chi connectivity index (χ1) is 13.9. The highest BCUT2D eigenvalue weighted by molar-refractivity contribution is 7.79. The average Bonchev–Trinajstić information content (AvgIpc) is 2.75. The van der Waals surface area contributed by atoms with Crippen molar-refractivity contribution in [1.82, 2.24) is 5.32 Å². The number of amides is 1. The van der Waals surface area contributed by atoms with Gasteiger partial charge >= 0.3 is 0 Å². The molecule has 0 fully saturated rings. The van der Waals surface area contributed by atoms with Crippen molar-refractivity contribution in [2.75, 3.05) is 0 Å². The number of carbonyl (C=O) groups is 1. The lowest BCUT2D eigenvalue weighted by molar-refractivity contribution is 0.0925. The zero-order valence-corrected chi connectivity index (χ0v) is 17.5. The first kappa shape index (κ1) is 21.0. The highest BCUT2D eigenvalue weighted by atomic mass is 31.2. The van der Waals surface area contributed by atoms with Crippen LogP contribution in [0, 0.1) is 0 Å². The van der Waals surface area contributed by atoms with Gasteiger partial charge in [0.05, 0.1) is 11.8 Å². The van der Waals surface area contributed by atoms with Crippen LogP contribution >= 0.6 is 7.14 Å². The topological polar surface area (TPSA) is 66.4 Å². The summed E-state index contributed by atoms with van der Waals surface area (Å²) >= 11 is 0. The van der Waals surface area contributed by atoms with Crippen LogP contribution in [-0.2, 0) is 4.57 Å². The zero-order chi connectivity index (χ0) is 20.9. The van der Waals surface area contributed by atoms with Crippen molar-refractivity contribution in [1.29, 1.82) is 0 Å². The molecule has 3 aromatic rings. The predicted octanol–water partition coefficient (Wildman–Crippen LogP) is 3.57. The van der Waals surface area contributed by atoms with E-state index in [2.05, 4.69) is 5.32 Å². The lowest BCUT2D eigenvalue weighted by Crippen LogP contribution is -2.48. The van der Waals surface area contributed by atoms with Gasteiger partial charge in [0, 0.05) is 22.2 Å². The molecule has 0 aromatic heterocycles. The molecule has 0 bridgehead atoms. The van der Waals surface area contributed by atoms with E-state index in [1.165, 1.54) is 0 Å². The minimum atomic E-state index is -3.26. The molecule has 4 nitrogen and oxygen atoms in total. The first-order valence-electron chi connectivity index (χ1n) is 9.69. The molecule has 0 aliphatic heterocycles. The standard InChI is InChI=1S/C24H26NO3P/c1-18(25-24(27)20-12-6-3-7-13-20)23(19(2)26)29(28,21-14-8-4-9-15-21)22-16-10-5-11-17-22/h3-19,23,26H,1-2H3,(H,25,27)/t18-,19-,23-/m0/s1. The fourth-order valence-corrected chi connectivity index (χ4v) is 7.32. The van der Waals surface area contributed by atoms with Crippen LogP contribution in [-0.4, -0.2) is 28.8 Å². The molecule has 0 heterocycles. The van der Waals surface area contributed by atoms with Gasteiger partial charge in [-0.05, 0) is 26.0 Å². The maximum Gasteiger partial charge on any atom is 0.251 e. The molecule has 0 saturated heterocycles. The molecule has 150 valence electrons. The summed E-state index contributed by atoms with van der Waals surface area (Å²) in [4.78, 5) is 12.7. The molecule has 0 unspecified atom stereocenters. The molecule has 5 heteroatoms. The van der Waals surface area contributed by atoms with Crippen molar-refractivity contribution in [2.45, 2.75) is 31.7 Å². The van der Waals surface area contributed by atoms with E-state index in [0.29, 0.717) is 16.2 Å². The number of nitrogens with one attached hydrogen (secondary N) is 1. The maximum atomic E-state index is 14.6. The summed E-state index contributed by atoms with van der Waals surface area (Å²) in [5.74, 6) is -0.253. The van der Waals surface area contributed by atoms with Gasteiger partial charge in [-0.2, -0.15) is 0 Å². The molecule has 1 amide bonds. The van der Waals surface area contributed by atoms with Crippen LogP contribution in [0.15, 0.2) is 91.0 Å². The third-order valence-electron chi connectivity index (χ3n) is 5.10. The summed E-state index contributed by atoms with van der Waals surface area (Å²) in [5.41, 5.74) is -0.155. The van der Waals surface area contributed by atoms with E-state index in [0.717, 1.165) is 0 Å². The number of carbonyl (C=O) groups excluding carboxylic acids is 1. The fraction of sp³-hybridized carbons (Fsp3) is 0.208. The Morgan fingerprint density at radius 2 is 1.21 bits per heavy atom. The van der Waals surface area contributed by atoms with Crippen molar-refractivity contribution < 1.29 is 14.5 Å². The van der Waals surface area contributed by atoms with Gasteiger partial charge in [-0.15, -0.1) is 0 Å². The van der Waals surface area contributed by atoms with Gasteiger partial charge in [-0.3, -0.25) is 4.79 Å². The number of hydrogen-bond acceptors (Lipinski definition) is 3. The van der Waals surface area contributed by atoms with Gasteiger partial charge in [-0.25, -0.2) is 0 Å². The van der Waals surface area contributed by atoms with Crippen molar-refractivity contribution in [3.05, 3.63) is 96.6 Å². The van der Waals surface area contributed by atoms with E-state index in [1.807, 2.05) is 66.7 Å². The van der Waals surface area contributed by atoms with E-state index >= 15 is 0 Å². The first-order valence-corrected chi connectivity index (χ1v) is 11.5.